The van der Waals surface area contributed by atoms with Crippen molar-refractivity contribution >= 4 is 28.4 Å². The molecular formula is C20H19ClN2O2. The lowest BCUT2D eigenvalue weighted by Crippen LogP contribution is -2.27. The Labute approximate surface area is 150 Å². The van der Waals surface area contributed by atoms with E-state index in [9.17, 15) is 9.59 Å². The van der Waals surface area contributed by atoms with Crippen molar-refractivity contribution in [2.24, 2.45) is 0 Å². The van der Waals surface area contributed by atoms with Crippen LogP contribution in [0.15, 0.2) is 47.3 Å². The Balaban J connectivity index is 1.77. The molecule has 0 saturated carbocycles. The molecule has 4 nitrogen and oxygen atoms in total. The topological polar surface area (TPSA) is 62.0 Å². The molecule has 0 radical (unpaired) electrons. The number of amides is 1. The van der Waals surface area contributed by atoms with Crippen LogP contribution in [0.4, 0.5) is 0 Å². The zero-order valence-electron chi connectivity index (χ0n) is 14.2. The predicted molar refractivity (Wildman–Crippen MR) is 102 cm³/mol. The van der Waals surface area contributed by atoms with Crippen molar-refractivity contribution in [2.75, 3.05) is 6.54 Å². The summed E-state index contributed by atoms with van der Waals surface area (Å²) in [5.74, 6) is -0.241. The van der Waals surface area contributed by atoms with Crippen LogP contribution in [0, 0.1) is 13.8 Å². The number of H-pyrrole nitrogens is 1. The van der Waals surface area contributed by atoms with Gasteiger partial charge in [0.2, 0.25) is 0 Å². The van der Waals surface area contributed by atoms with E-state index in [4.69, 9.17) is 11.6 Å². The molecule has 1 amide bonds. The number of pyridine rings is 1. The third kappa shape index (κ3) is 3.59. The number of rotatable bonds is 4. The van der Waals surface area contributed by atoms with Crippen molar-refractivity contribution in [3.8, 4) is 0 Å². The average Bonchev–Trinajstić information content (AvgIpc) is 2.59. The number of aryl methyl sites for hydroxylation is 2. The molecule has 0 aliphatic heterocycles. The molecule has 0 spiro atoms. The van der Waals surface area contributed by atoms with Crippen LogP contribution in [0.25, 0.3) is 10.9 Å². The molecule has 0 saturated heterocycles. The quantitative estimate of drug-likeness (QED) is 0.749. The molecule has 128 valence electrons. The summed E-state index contributed by atoms with van der Waals surface area (Å²) in [6, 6.07) is 12.8. The third-order valence-electron chi connectivity index (χ3n) is 4.32. The molecule has 3 rings (SSSR count). The van der Waals surface area contributed by atoms with E-state index in [1.807, 2.05) is 32.0 Å². The maximum Gasteiger partial charge on any atom is 0.252 e. The first kappa shape index (κ1) is 17.2. The molecule has 25 heavy (non-hydrogen) atoms. The minimum absolute atomic E-state index is 0.117. The second-order valence-electron chi connectivity index (χ2n) is 6.10. The second-order valence-corrected chi connectivity index (χ2v) is 6.50. The van der Waals surface area contributed by atoms with Crippen LogP contribution in [-0.4, -0.2) is 17.4 Å². The van der Waals surface area contributed by atoms with Gasteiger partial charge in [-0.1, -0.05) is 35.9 Å². The number of nitrogens with one attached hydrogen (secondary N) is 2. The van der Waals surface area contributed by atoms with Gasteiger partial charge in [-0.05, 0) is 49.6 Å². The van der Waals surface area contributed by atoms with E-state index < -0.39 is 0 Å². The van der Waals surface area contributed by atoms with Crippen LogP contribution in [0.2, 0.25) is 5.02 Å². The molecule has 0 atom stereocenters. The molecule has 1 heterocycles. The number of halogens is 1. The van der Waals surface area contributed by atoms with Crippen molar-refractivity contribution in [1.82, 2.24) is 10.3 Å². The maximum absolute atomic E-state index is 12.3. The third-order valence-corrected chi connectivity index (χ3v) is 4.65. The second kappa shape index (κ2) is 7.11. The SMILES string of the molecule is Cc1ccc(C)c2[nH]c(=O)c(CCNC(=O)c3ccccc3Cl)cc12. The lowest BCUT2D eigenvalue weighted by atomic mass is 10.0. The Bertz CT molecular complexity index is 1010. The fourth-order valence-electron chi connectivity index (χ4n) is 2.86. The fourth-order valence-corrected chi connectivity index (χ4v) is 3.08. The van der Waals surface area contributed by atoms with E-state index >= 15 is 0 Å². The molecule has 1 aromatic heterocycles. The number of fused-ring (bicyclic) bond motifs is 1. The van der Waals surface area contributed by atoms with Crippen molar-refractivity contribution in [3.05, 3.63) is 80.1 Å². The van der Waals surface area contributed by atoms with Crippen molar-refractivity contribution in [1.29, 1.82) is 0 Å². The summed E-state index contributed by atoms with van der Waals surface area (Å²) in [6.45, 7) is 4.35. The van der Waals surface area contributed by atoms with E-state index in [-0.39, 0.29) is 11.5 Å². The molecule has 0 unspecified atom stereocenters. The number of hydrogen-bond acceptors (Lipinski definition) is 2. The standard InChI is InChI=1S/C20H19ClN2O2/c1-12-7-8-13(2)18-16(12)11-14(19(24)23-18)9-10-22-20(25)15-5-3-4-6-17(15)21/h3-8,11H,9-10H2,1-2H3,(H,22,25)(H,23,24). The van der Waals surface area contributed by atoms with Gasteiger partial charge < -0.3 is 10.3 Å². The molecule has 0 fully saturated rings. The number of hydrogen-bond donors (Lipinski definition) is 2. The van der Waals surface area contributed by atoms with Gasteiger partial charge in [-0.15, -0.1) is 0 Å². The van der Waals surface area contributed by atoms with Gasteiger partial charge in [-0.25, -0.2) is 0 Å². The van der Waals surface area contributed by atoms with Crippen LogP contribution in [0.5, 0.6) is 0 Å². The number of benzene rings is 2. The van der Waals surface area contributed by atoms with Crippen molar-refractivity contribution in [3.63, 3.8) is 0 Å². The van der Waals surface area contributed by atoms with Crippen LogP contribution in [0.1, 0.15) is 27.0 Å². The van der Waals surface area contributed by atoms with Gasteiger partial charge in [0.25, 0.3) is 11.5 Å². The highest BCUT2D eigenvalue weighted by Gasteiger charge is 2.10. The van der Waals surface area contributed by atoms with Gasteiger partial charge in [0.05, 0.1) is 16.1 Å². The van der Waals surface area contributed by atoms with Gasteiger partial charge in [0.1, 0.15) is 0 Å². The number of aromatic nitrogens is 1. The highest BCUT2D eigenvalue weighted by Crippen LogP contribution is 2.19. The van der Waals surface area contributed by atoms with Crippen LogP contribution in [-0.2, 0) is 6.42 Å². The molecule has 2 N–H and O–H groups in total. The monoisotopic (exact) mass is 354 g/mol. The van der Waals surface area contributed by atoms with Crippen molar-refractivity contribution < 1.29 is 4.79 Å². The molecule has 5 heteroatoms. The van der Waals surface area contributed by atoms with E-state index in [0.717, 1.165) is 22.0 Å². The summed E-state index contributed by atoms with van der Waals surface area (Å²) in [7, 11) is 0. The van der Waals surface area contributed by atoms with E-state index in [1.165, 1.54) is 0 Å². The molecule has 2 aromatic carbocycles. The van der Waals surface area contributed by atoms with Crippen LogP contribution < -0.4 is 10.9 Å². The molecule has 0 aliphatic rings. The fraction of sp³-hybridized carbons (Fsp3) is 0.200. The summed E-state index contributed by atoms with van der Waals surface area (Å²) in [5, 5.41) is 4.26. The lowest BCUT2D eigenvalue weighted by molar-refractivity contribution is 0.0954. The zero-order valence-corrected chi connectivity index (χ0v) is 14.9. The minimum atomic E-state index is -0.241. The maximum atomic E-state index is 12.3. The normalized spacial score (nSPS) is 10.8. The van der Waals surface area contributed by atoms with Gasteiger partial charge in [-0.2, -0.15) is 0 Å². The number of aromatic amines is 1. The van der Waals surface area contributed by atoms with E-state index in [0.29, 0.717) is 29.1 Å². The number of carbonyl (C=O) groups is 1. The lowest BCUT2D eigenvalue weighted by Gasteiger charge is -2.09. The first-order chi connectivity index (χ1) is 12.0. The van der Waals surface area contributed by atoms with Gasteiger partial charge >= 0.3 is 0 Å². The summed E-state index contributed by atoms with van der Waals surface area (Å²) < 4.78 is 0. The largest absolute Gasteiger partial charge is 0.352 e. The minimum Gasteiger partial charge on any atom is -0.352 e. The number of carbonyl (C=O) groups excluding carboxylic acids is 1. The van der Waals surface area contributed by atoms with Gasteiger partial charge in [0, 0.05) is 17.5 Å². The van der Waals surface area contributed by atoms with Gasteiger partial charge in [-0.3, -0.25) is 9.59 Å². The Morgan fingerprint density at radius 1 is 1.12 bits per heavy atom. The smallest absolute Gasteiger partial charge is 0.252 e. The Hall–Kier alpha value is -2.59. The Morgan fingerprint density at radius 2 is 1.84 bits per heavy atom. The summed E-state index contributed by atoms with van der Waals surface area (Å²) in [4.78, 5) is 27.4. The summed E-state index contributed by atoms with van der Waals surface area (Å²) in [5.41, 5.74) is 3.99. The van der Waals surface area contributed by atoms with E-state index in [2.05, 4.69) is 10.3 Å². The van der Waals surface area contributed by atoms with Gasteiger partial charge in [0.15, 0.2) is 0 Å². The van der Waals surface area contributed by atoms with Crippen LogP contribution in [0.3, 0.4) is 0 Å². The Morgan fingerprint density at radius 3 is 2.60 bits per heavy atom. The van der Waals surface area contributed by atoms with E-state index in [1.54, 1.807) is 24.3 Å². The van der Waals surface area contributed by atoms with Crippen LogP contribution >= 0.6 is 11.6 Å². The Kier molecular flexibility index (Phi) is 4.91. The molecular weight excluding hydrogens is 336 g/mol. The summed E-state index contributed by atoms with van der Waals surface area (Å²) in [6.07, 6.45) is 0.453. The molecule has 3 aromatic rings. The predicted octanol–water partition coefficient (Wildman–Crippen LogP) is 3.77. The highest BCUT2D eigenvalue weighted by atomic mass is 35.5. The molecule has 0 bridgehead atoms. The highest BCUT2D eigenvalue weighted by molar-refractivity contribution is 6.33. The molecule has 0 aliphatic carbocycles. The first-order valence-electron chi connectivity index (χ1n) is 8.12. The average molecular weight is 355 g/mol. The summed E-state index contributed by atoms with van der Waals surface area (Å²) >= 11 is 6.02. The first-order valence-corrected chi connectivity index (χ1v) is 8.50. The van der Waals surface area contributed by atoms with Crippen molar-refractivity contribution in [2.45, 2.75) is 20.3 Å². The zero-order chi connectivity index (χ0) is 18.0.